The van der Waals surface area contributed by atoms with Crippen LogP contribution in [-0.4, -0.2) is 6.04 Å². The van der Waals surface area contributed by atoms with Gasteiger partial charge in [0.2, 0.25) is 0 Å². The highest BCUT2D eigenvalue weighted by atomic mass is 14.6. The van der Waals surface area contributed by atoms with Crippen LogP contribution in [0.1, 0.15) is 53.4 Å². The first-order valence-corrected chi connectivity index (χ1v) is 5.41. The third-order valence-electron chi connectivity index (χ3n) is 3.10. The van der Waals surface area contributed by atoms with Gasteiger partial charge in [-0.3, -0.25) is 0 Å². The monoisotopic (exact) mass is 171 g/mol. The van der Waals surface area contributed by atoms with Crippen LogP contribution in [0.2, 0.25) is 0 Å². The van der Waals surface area contributed by atoms with E-state index in [4.69, 9.17) is 5.73 Å². The smallest absolute Gasteiger partial charge is 0.00389 e. The molecular weight excluding hydrogens is 146 g/mol. The molecular formula is C11H25N. The van der Waals surface area contributed by atoms with Gasteiger partial charge < -0.3 is 5.73 Å². The quantitative estimate of drug-likeness (QED) is 0.652. The summed E-state index contributed by atoms with van der Waals surface area (Å²) >= 11 is 0. The predicted octanol–water partition coefficient (Wildman–Crippen LogP) is 3.19. The van der Waals surface area contributed by atoms with Gasteiger partial charge in [-0.1, -0.05) is 40.5 Å². The summed E-state index contributed by atoms with van der Waals surface area (Å²) < 4.78 is 0. The van der Waals surface area contributed by atoms with Crippen molar-refractivity contribution in [2.24, 2.45) is 17.6 Å². The lowest BCUT2D eigenvalue weighted by molar-refractivity contribution is 0.294. The molecule has 1 nitrogen and oxygen atoms in total. The molecule has 0 spiro atoms. The maximum absolute atomic E-state index is 5.94. The van der Waals surface area contributed by atoms with Crippen LogP contribution in [0.15, 0.2) is 0 Å². The van der Waals surface area contributed by atoms with E-state index in [2.05, 4.69) is 27.7 Å². The summed E-state index contributed by atoms with van der Waals surface area (Å²) in [5.41, 5.74) is 5.94. The Morgan fingerprint density at radius 2 is 1.58 bits per heavy atom. The molecule has 0 bridgehead atoms. The van der Waals surface area contributed by atoms with E-state index >= 15 is 0 Å². The average Bonchev–Trinajstić information content (AvgIpc) is 2.12. The van der Waals surface area contributed by atoms with Gasteiger partial charge in [-0.25, -0.2) is 0 Å². The second-order valence-electron chi connectivity index (χ2n) is 3.96. The molecule has 0 aromatic heterocycles. The fourth-order valence-electron chi connectivity index (χ4n) is 1.69. The minimum absolute atomic E-state index is 0.420. The molecule has 0 heterocycles. The molecule has 0 aliphatic heterocycles. The first-order chi connectivity index (χ1) is 5.65. The number of rotatable bonds is 6. The van der Waals surface area contributed by atoms with E-state index in [1.165, 1.54) is 19.3 Å². The van der Waals surface area contributed by atoms with Gasteiger partial charge in [0.05, 0.1) is 0 Å². The van der Waals surface area contributed by atoms with Gasteiger partial charge in [0, 0.05) is 6.04 Å². The van der Waals surface area contributed by atoms with Crippen molar-refractivity contribution in [2.75, 3.05) is 0 Å². The summed E-state index contributed by atoms with van der Waals surface area (Å²) in [6.45, 7) is 9.06. The molecule has 0 radical (unpaired) electrons. The van der Waals surface area contributed by atoms with Crippen molar-refractivity contribution in [3.8, 4) is 0 Å². The normalized spacial score (nSPS) is 18.8. The van der Waals surface area contributed by atoms with Gasteiger partial charge in [-0.2, -0.15) is 0 Å². The van der Waals surface area contributed by atoms with Crippen LogP contribution in [0, 0.1) is 11.8 Å². The summed E-state index contributed by atoms with van der Waals surface area (Å²) in [5.74, 6) is 1.68. The van der Waals surface area contributed by atoms with Gasteiger partial charge >= 0.3 is 0 Å². The lowest BCUT2D eigenvalue weighted by Gasteiger charge is -2.24. The Labute approximate surface area is 77.7 Å². The SMILES string of the molecule is CCC(N)CC(CC)C(C)CC. The van der Waals surface area contributed by atoms with Gasteiger partial charge in [-0.05, 0) is 24.7 Å². The minimum atomic E-state index is 0.420. The summed E-state index contributed by atoms with van der Waals surface area (Å²) in [5, 5.41) is 0. The molecule has 0 fully saturated rings. The van der Waals surface area contributed by atoms with Crippen LogP contribution in [0.25, 0.3) is 0 Å². The fourth-order valence-corrected chi connectivity index (χ4v) is 1.69. The summed E-state index contributed by atoms with van der Waals surface area (Å²) in [7, 11) is 0. The second kappa shape index (κ2) is 6.47. The van der Waals surface area contributed by atoms with Crippen molar-refractivity contribution < 1.29 is 0 Å². The summed E-state index contributed by atoms with van der Waals surface area (Å²) in [6, 6.07) is 0.420. The number of nitrogens with two attached hydrogens (primary N) is 1. The molecule has 0 aromatic rings. The third kappa shape index (κ3) is 4.10. The first kappa shape index (κ1) is 12.0. The molecule has 1 heteroatoms. The molecule has 2 N–H and O–H groups in total. The minimum Gasteiger partial charge on any atom is -0.328 e. The molecule has 0 saturated heterocycles. The molecule has 3 unspecified atom stereocenters. The molecule has 0 aliphatic rings. The van der Waals surface area contributed by atoms with Crippen molar-refractivity contribution in [1.82, 2.24) is 0 Å². The lowest BCUT2D eigenvalue weighted by atomic mass is 9.84. The predicted molar refractivity (Wildman–Crippen MR) is 56.1 cm³/mol. The zero-order chi connectivity index (χ0) is 9.56. The Bertz CT molecular complexity index is 101. The molecule has 0 rings (SSSR count). The van der Waals surface area contributed by atoms with E-state index in [0.29, 0.717) is 6.04 Å². The molecule has 74 valence electrons. The zero-order valence-corrected chi connectivity index (χ0v) is 9.14. The van der Waals surface area contributed by atoms with Gasteiger partial charge in [0.15, 0.2) is 0 Å². The summed E-state index contributed by atoms with van der Waals surface area (Å²) in [4.78, 5) is 0. The van der Waals surface area contributed by atoms with Crippen molar-refractivity contribution >= 4 is 0 Å². The fraction of sp³-hybridized carbons (Fsp3) is 1.00. The Morgan fingerprint density at radius 1 is 1.00 bits per heavy atom. The van der Waals surface area contributed by atoms with Gasteiger partial charge in [0.25, 0.3) is 0 Å². The maximum atomic E-state index is 5.94. The van der Waals surface area contributed by atoms with Crippen LogP contribution < -0.4 is 5.73 Å². The lowest BCUT2D eigenvalue weighted by Crippen LogP contribution is -2.25. The van der Waals surface area contributed by atoms with E-state index < -0.39 is 0 Å². The topological polar surface area (TPSA) is 26.0 Å². The molecule has 0 saturated carbocycles. The van der Waals surface area contributed by atoms with Crippen LogP contribution in [0.4, 0.5) is 0 Å². The van der Waals surface area contributed by atoms with Crippen molar-refractivity contribution in [3.05, 3.63) is 0 Å². The van der Waals surface area contributed by atoms with E-state index in [-0.39, 0.29) is 0 Å². The van der Waals surface area contributed by atoms with E-state index in [0.717, 1.165) is 18.3 Å². The molecule has 0 aromatic carbocycles. The first-order valence-electron chi connectivity index (χ1n) is 5.41. The molecule has 0 amide bonds. The molecule has 0 aliphatic carbocycles. The van der Waals surface area contributed by atoms with Gasteiger partial charge in [0.1, 0.15) is 0 Å². The largest absolute Gasteiger partial charge is 0.328 e. The summed E-state index contributed by atoms with van der Waals surface area (Å²) in [6.07, 6.45) is 4.90. The Hall–Kier alpha value is -0.0400. The van der Waals surface area contributed by atoms with Crippen molar-refractivity contribution in [1.29, 1.82) is 0 Å². The third-order valence-corrected chi connectivity index (χ3v) is 3.10. The number of hydrogen-bond acceptors (Lipinski definition) is 1. The van der Waals surface area contributed by atoms with Crippen LogP contribution in [0.5, 0.6) is 0 Å². The maximum Gasteiger partial charge on any atom is 0.00389 e. The van der Waals surface area contributed by atoms with Crippen LogP contribution in [0.3, 0.4) is 0 Å². The Morgan fingerprint density at radius 3 is 1.92 bits per heavy atom. The highest BCUT2D eigenvalue weighted by Crippen LogP contribution is 2.23. The van der Waals surface area contributed by atoms with Crippen LogP contribution in [-0.2, 0) is 0 Å². The van der Waals surface area contributed by atoms with Crippen molar-refractivity contribution in [3.63, 3.8) is 0 Å². The highest BCUT2D eigenvalue weighted by Gasteiger charge is 2.15. The standard InChI is InChI=1S/C11H25N/c1-5-9(4)10(6-2)8-11(12)7-3/h9-11H,5-8,12H2,1-4H3. The number of hydrogen-bond donors (Lipinski definition) is 1. The molecule has 3 atom stereocenters. The van der Waals surface area contributed by atoms with E-state index in [1.54, 1.807) is 0 Å². The Kier molecular flexibility index (Phi) is 6.45. The average molecular weight is 171 g/mol. The van der Waals surface area contributed by atoms with E-state index in [9.17, 15) is 0 Å². The zero-order valence-electron chi connectivity index (χ0n) is 9.14. The van der Waals surface area contributed by atoms with Crippen molar-refractivity contribution in [2.45, 2.75) is 59.4 Å². The van der Waals surface area contributed by atoms with Gasteiger partial charge in [-0.15, -0.1) is 0 Å². The highest BCUT2D eigenvalue weighted by molar-refractivity contribution is 4.70. The van der Waals surface area contributed by atoms with E-state index in [1.807, 2.05) is 0 Å². The molecule has 12 heavy (non-hydrogen) atoms. The Balaban J connectivity index is 3.81. The van der Waals surface area contributed by atoms with Crippen LogP contribution >= 0.6 is 0 Å². The second-order valence-corrected chi connectivity index (χ2v) is 3.96.